The fraction of sp³-hybridized carbons (Fsp3) is 0.250. The number of hydrogen-bond acceptors (Lipinski definition) is 1. The Morgan fingerprint density at radius 3 is 2.58 bits per heavy atom. The van der Waals surface area contributed by atoms with Crippen LogP contribution < -0.4 is 5.32 Å². The van der Waals surface area contributed by atoms with E-state index in [1.165, 1.54) is 18.2 Å². The zero-order valence-corrected chi connectivity index (χ0v) is 11.1. The van der Waals surface area contributed by atoms with Gasteiger partial charge in [0.1, 0.15) is 11.6 Å². The molecule has 0 aliphatic carbocycles. The van der Waals surface area contributed by atoms with Gasteiger partial charge in [-0.1, -0.05) is 24.3 Å². The normalized spacial score (nSPS) is 12.4. The Bertz CT molecular complexity index is 566. The van der Waals surface area contributed by atoms with Crippen molar-refractivity contribution in [2.24, 2.45) is 0 Å². The van der Waals surface area contributed by atoms with E-state index in [4.69, 9.17) is 0 Å². The molecular formula is C16H17F2N. The summed E-state index contributed by atoms with van der Waals surface area (Å²) in [6.07, 6.45) is 0. The third kappa shape index (κ3) is 3.61. The van der Waals surface area contributed by atoms with E-state index < -0.39 is 0 Å². The number of rotatable bonds is 4. The molecule has 1 atom stereocenters. The molecule has 0 saturated heterocycles. The summed E-state index contributed by atoms with van der Waals surface area (Å²) < 4.78 is 26.5. The van der Waals surface area contributed by atoms with Gasteiger partial charge in [0.25, 0.3) is 0 Å². The van der Waals surface area contributed by atoms with E-state index >= 15 is 0 Å². The summed E-state index contributed by atoms with van der Waals surface area (Å²) in [5.74, 6) is -0.440. The van der Waals surface area contributed by atoms with Crippen molar-refractivity contribution in [2.45, 2.75) is 26.4 Å². The van der Waals surface area contributed by atoms with Crippen LogP contribution in [0.5, 0.6) is 0 Å². The quantitative estimate of drug-likeness (QED) is 0.872. The van der Waals surface area contributed by atoms with Crippen LogP contribution in [0.15, 0.2) is 42.5 Å². The third-order valence-corrected chi connectivity index (χ3v) is 3.20. The molecule has 0 bridgehead atoms. The predicted octanol–water partition coefficient (Wildman–Crippen LogP) is 4.12. The summed E-state index contributed by atoms with van der Waals surface area (Å²) in [4.78, 5) is 0. The summed E-state index contributed by atoms with van der Waals surface area (Å²) in [7, 11) is 0. The lowest BCUT2D eigenvalue weighted by molar-refractivity contribution is 0.560. The number of benzene rings is 2. The van der Waals surface area contributed by atoms with E-state index in [1.807, 2.05) is 19.1 Å². The molecule has 1 N–H and O–H groups in total. The highest BCUT2D eigenvalue weighted by Gasteiger charge is 2.06. The number of nitrogens with one attached hydrogen (secondary N) is 1. The van der Waals surface area contributed by atoms with E-state index in [9.17, 15) is 8.78 Å². The molecule has 19 heavy (non-hydrogen) atoms. The zero-order valence-electron chi connectivity index (χ0n) is 11.1. The molecule has 2 aromatic rings. The lowest BCUT2D eigenvalue weighted by atomic mass is 10.1. The van der Waals surface area contributed by atoms with Crippen molar-refractivity contribution in [1.29, 1.82) is 0 Å². The summed E-state index contributed by atoms with van der Waals surface area (Å²) in [5.41, 5.74) is 2.40. The van der Waals surface area contributed by atoms with Gasteiger partial charge in [-0.2, -0.15) is 0 Å². The first-order chi connectivity index (χ1) is 9.06. The highest BCUT2D eigenvalue weighted by Crippen LogP contribution is 2.15. The average molecular weight is 261 g/mol. The minimum Gasteiger partial charge on any atom is -0.306 e. The topological polar surface area (TPSA) is 12.0 Å². The Morgan fingerprint density at radius 1 is 1.11 bits per heavy atom. The Kier molecular flexibility index (Phi) is 4.27. The molecule has 0 amide bonds. The van der Waals surface area contributed by atoms with Crippen molar-refractivity contribution in [2.75, 3.05) is 0 Å². The van der Waals surface area contributed by atoms with Crippen LogP contribution in [-0.2, 0) is 6.54 Å². The Balaban J connectivity index is 2.00. The zero-order chi connectivity index (χ0) is 13.8. The van der Waals surface area contributed by atoms with Crippen molar-refractivity contribution in [3.63, 3.8) is 0 Å². The molecule has 0 spiro atoms. The summed E-state index contributed by atoms with van der Waals surface area (Å²) in [5, 5.41) is 3.26. The third-order valence-electron chi connectivity index (χ3n) is 3.20. The van der Waals surface area contributed by atoms with Crippen molar-refractivity contribution in [3.8, 4) is 0 Å². The van der Waals surface area contributed by atoms with E-state index in [0.29, 0.717) is 12.1 Å². The Hall–Kier alpha value is -1.74. The summed E-state index contributed by atoms with van der Waals surface area (Å²) >= 11 is 0. The highest BCUT2D eigenvalue weighted by molar-refractivity contribution is 5.24. The number of aryl methyl sites for hydroxylation is 1. The van der Waals surface area contributed by atoms with Crippen molar-refractivity contribution in [1.82, 2.24) is 5.32 Å². The molecule has 1 nitrogen and oxygen atoms in total. The van der Waals surface area contributed by atoms with Gasteiger partial charge in [-0.3, -0.25) is 0 Å². The highest BCUT2D eigenvalue weighted by atomic mass is 19.1. The predicted molar refractivity (Wildman–Crippen MR) is 72.8 cm³/mol. The first-order valence-electron chi connectivity index (χ1n) is 6.30. The van der Waals surface area contributed by atoms with Crippen molar-refractivity contribution < 1.29 is 8.78 Å². The van der Waals surface area contributed by atoms with Crippen LogP contribution in [0.25, 0.3) is 0 Å². The van der Waals surface area contributed by atoms with E-state index in [0.717, 1.165) is 11.1 Å². The lowest BCUT2D eigenvalue weighted by Crippen LogP contribution is -2.18. The molecule has 0 radical (unpaired) electrons. The minimum absolute atomic E-state index is 0.0139. The van der Waals surface area contributed by atoms with Gasteiger partial charge in [0.2, 0.25) is 0 Å². The second kappa shape index (κ2) is 5.93. The van der Waals surface area contributed by atoms with Gasteiger partial charge in [-0.25, -0.2) is 8.78 Å². The maximum absolute atomic E-state index is 13.4. The molecule has 0 saturated carbocycles. The van der Waals surface area contributed by atoms with E-state index in [2.05, 4.69) is 5.32 Å². The number of halogens is 2. The van der Waals surface area contributed by atoms with Gasteiger partial charge in [0, 0.05) is 12.6 Å². The van der Waals surface area contributed by atoms with Crippen molar-refractivity contribution in [3.05, 3.63) is 70.8 Å². The largest absolute Gasteiger partial charge is 0.306 e. The Labute approximate surface area is 112 Å². The van der Waals surface area contributed by atoms with Crippen LogP contribution in [0.1, 0.15) is 29.7 Å². The van der Waals surface area contributed by atoms with E-state index in [-0.39, 0.29) is 17.7 Å². The molecule has 2 aromatic carbocycles. The minimum atomic E-state index is -0.243. The van der Waals surface area contributed by atoms with Crippen LogP contribution in [0.4, 0.5) is 8.78 Å². The van der Waals surface area contributed by atoms with Crippen molar-refractivity contribution >= 4 is 0 Å². The first kappa shape index (κ1) is 13.7. The van der Waals surface area contributed by atoms with Gasteiger partial charge >= 0.3 is 0 Å². The summed E-state index contributed by atoms with van der Waals surface area (Å²) in [6.45, 7) is 4.25. The maximum Gasteiger partial charge on any atom is 0.126 e. The van der Waals surface area contributed by atoms with Gasteiger partial charge < -0.3 is 5.32 Å². The van der Waals surface area contributed by atoms with Gasteiger partial charge in [0.15, 0.2) is 0 Å². The van der Waals surface area contributed by atoms with Crippen LogP contribution in [0.2, 0.25) is 0 Å². The van der Waals surface area contributed by atoms with Crippen LogP contribution >= 0.6 is 0 Å². The molecule has 0 heterocycles. The molecule has 0 aromatic heterocycles. The standard InChI is InChI=1S/C16H17F2N/c1-11-6-7-13(8-16(11)18)10-19-12(2)14-4-3-5-15(17)9-14/h3-9,12,19H,10H2,1-2H3. The van der Waals surface area contributed by atoms with Crippen LogP contribution in [-0.4, -0.2) is 0 Å². The SMILES string of the molecule is Cc1ccc(CNC(C)c2cccc(F)c2)cc1F. The lowest BCUT2D eigenvalue weighted by Gasteiger charge is -2.14. The second-order valence-electron chi connectivity index (χ2n) is 4.74. The fourth-order valence-electron chi connectivity index (χ4n) is 1.91. The first-order valence-corrected chi connectivity index (χ1v) is 6.30. The fourth-order valence-corrected chi connectivity index (χ4v) is 1.91. The Morgan fingerprint density at radius 2 is 1.89 bits per heavy atom. The molecule has 2 rings (SSSR count). The maximum atomic E-state index is 13.4. The van der Waals surface area contributed by atoms with Crippen LogP contribution in [0, 0.1) is 18.6 Å². The molecule has 0 aliphatic heterocycles. The molecule has 100 valence electrons. The van der Waals surface area contributed by atoms with Crippen LogP contribution in [0.3, 0.4) is 0 Å². The average Bonchev–Trinajstić information content (AvgIpc) is 2.40. The molecule has 0 fully saturated rings. The second-order valence-corrected chi connectivity index (χ2v) is 4.74. The molecule has 1 unspecified atom stereocenters. The molecular weight excluding hydrogens is 244 g/mol. The smallest absolute Gasteiger partial charge is 0.126 e. The van der Waals surface area contributed by atoms with Gasteiger partial charge in [-0.15, -0.1) is 0 Å². The molecule has 3 heteroatoms. The van der Waals surface area contributed by atoms with Gasteiger partial charge in [-0.05, 0) is 48.7 Å². The van der Waals surface area contributed by atoms with Gasteiger partial charge in [0.05, 0.1) is 0 Å². The monoisotopic (exact) mass is 261 g/mol. The molecule has 0 aliphatic rings. The number of hydrogen-bond donors (Lipinski definition) is 1. The van der Waals surface area contributed by atoms with E-state index in [1.54, 1.807) is 19.1 Å². The summed E-state index contributed by atoms with van der Waals surface area (Å²) in [6, 6.07) is 11.7.